The second-order valence-electron chi connectivity index (χ2n) is 6.84. The van der Waals surface area contributed by atoms with Gasteiger partial charge in [0, 0.05) is 44.1 Å². The van der Waals surface area contributed by atoms with Crippen molar-refractivity contribution in [2.45, 2.75) is 20.3 Å². The third kappa shape index (κ3) is 5.35. The van der Waals surface area contributed by atoms with Crippen LogP contribution in [0.25, 0.3) is 0 Å². The van der Waals surface area contributed by atoms with E-state index in [1.807, 2.05) is 4.90 Å². The normalized spacial score (nSPS) is 16.4. The molecule has 3 rings (SSSR count). The van der Waals surface area contributed by atoms with E-state index < -0.39 is 0 Å². The van der Waals surface area contributed by atoms with Crippen molar-refractivity contribution in [1.29, 1.82) is 0 Å². The Hall–Kier alpha value is -2.28. The standard InChI is InChI=1S/C20H28N4O2S/c1-3-21-20(22-15-16(2)14-17-6-5-13-27-17)24-10-8-23(9-11-24)19(25)18-7-4-12-26-18/h4-7,12-13,16H,3,8-11,14-15H2,1-2H3,(H,21,22). The van der Waals surface area contributed by atoms with Crippen LogP contribution < -0.4 is 5.32 Å². The fourth-order valence-electron chi connectivity index (χ4n) is 3.18. The predicted molar refractivity (Wildman–Crippen MR) is 109 cm³/mol. The number of aliphatic imine (C=N–C) groups is 1. The molecule has 0 radical (unpaired) electrons. The van der Waals surface area contributed by atoms with Gasteiger partial charge in [-0.15, -0.1) is 11.3 Å². The number of nitrogens with zero attached hydrogens (tertiary/aromatic N) is 3. The summed E-state index contributed by atoms with van der Waals surface area (Å²) in [5.41, 5.74) is 0. The Morgan fingerprint density at radius 2 is 2.04 bits per heavy atom. The Morgan fingerprint density at radius 3 is 2.67 bits per heavy atom. The SMILES string of the molecule is CCNC(=NCC(C)Cc1cccs1)N1CCN(C(=O)c2ccco2)CC1. The Kier molecular flexibility index (Phi) is 6.92. The molecule has 1 aliphatic heterocycles. The van der Waals surface area contributed by atoms with Gasteiger partial charge in [0.05, 0.1) is 6.26 Å². The van der Waals surface area contributed by atoms with E-state index in [0.29, 0.717) is 24.8 Å². The molecule has 1 atom stereocenters. The highest BCUT2D eigenvalue weighted by atomic mass is 32.1. The number of amides is 1. The topological polar surface area (TPSA) is 61.1 Å². The van der Waals surface area contributed by atoms with E-state index in [4.69, 9.17) is 9.41 Å². The quantitative estimate of drug-likeness (QED) is 0.611. The second-order valence-corrected chi connectivity index (χ2v) is 7.87. The lowest BCUT2D eigenvalue weighted by Crippen LogP contribution is -2.53. The van der Waals surface area contributed by atoms with Crippen LogP contribution in [0.2, 0.25) is 0 Å². The van der Waals surface area contributed by atoms with Crippen LogP contribution in [-0.2, 0) is 6.42 Å². The van der Waals surface area contributed by atoms with Gasteiger partial charge in [0.1, 0.15) is 0 Å². The third-order valence-corrected chi connectivity index (χ3v) is 5.51. The van der Waals surface area contributed by atoms with Crippen molar-refractivity contribution in [2.75, 3.05) is 39.3 Å². The molecular formula is C20H28N4O2S. The highest BCUT2D eigenvalue weighted by molar-refractivity contribution is 7.09. The average Bonchev–Trinajstić information content (AvgIpc) is 3.39. The second kappa shape index (κ2) is 9.60. The number of rotatable bonds is 6. The molecule has 0 aromatic carbocycles. The fraction of sp³-hybridized carbons (Fsp3) is 0.500. The smallest absolute Gasteiger partial charge is 0.289 e. The number of carbonyl (C=O) groups is 1. The van der Waals surface area contributed by atoms with Crippen molar-refractivity contribution >= 4 is 23.2 Å². The van der Waals surface area contributed by atoms with Crippen LogP contribution in [0.3, 0.4) is 0 Å². The van der Waals surface area contributed by atoms with E-state index in [-0.39, 0.29) is 5.91 Å². The molecule has 1 N–H and O–H groups in total. The van der Waals surface area contributed by atoms with Gasteiger partial charge in [-0.25, -0.2) is 0 Å². The number of furan rings is 1. The summed E-state index contributed by atoms with van der Waals surface area (Å²) in [6.45, 7) is 8.86. The maximum absolute atomic E-state index is 12.4. The van der Waals surface area contributed by atoms with Gasteiger partial charge in [0.25, 0.3) is 5.91 Å². The van der Waals surface area contributed by atoms with E-state index in [1.165, 1.54) is 11.1 Å². The monoisotopic (exact) mass is 388 g/mol. The first-order valence-electron chi connectivity index (χ1n) is 9.55. The highest BCUT2D eigenvalue weighted by Crippen LogP contribution is 2.15. The first kappa shape index (κ1) is 19.5. The van der Waals surface area contributed by atoms with Gasteiger partial charge in [-0.2, -0.15) is 0 Å². The molecule has 7 heteroatoms. The lowest BCUT2D eigenvalue weighted by Gasteiger charge is -2.36. The fourth-order valence-corrected chi connectivity index (χ4v) is 4.05. The van der Waals surface area contributed by atoms with E-state index >= 15 is 0 Å². The van der Waals surface area contributed by atoms with Gasteiger partial charge in [0.2, 0.25) is 0 Å². The molecule has 1 saturated heterocycles. The molecule has 146 valence electrons. The zero-order valence-electron chi connectivity index (χ0n) is 16.1. The third-order valence-electron chi connectivity index (χ3n) is 4.62. The molecule has 1 amide bonds. The number of hydrogen-bond donors (Lipinski definition) is 1. The Morgan fingerprint density at radius 1 is 1.26 bits per heavy atom. The molecular weight excluding hydrogens is 360 g/mol. The van der Waals surface area contributed by atoms with Crippen LogP contribution in [-0.4, -0.2) is 60.9 Å². The van der Waals surface area contributed by atoms with E-state index in [0.717, 1.165) is 38.6 Å². The van der Waals surface area contributed by atoms with Crippen LogP contribution in [0.5, 0.6) is 0 Å². The molecule has 0 spiro atoms. The maximum Gasteiger partial charge on any atom is 0.289 e. The lowest BCUT2D eigenvalue weighted by molar-refractivity contribution is 0.0657. The van der Waals surface area contributed by atoms with Crippen molar-refractivity contribution in [2.24, 2.45) is 10.9 Å². The number of hydrogen-bond acceptors (Lipinski definition) is 4. The van der Waals surface area contributed by atoms with E-state index in [9.17, 15) is 4.79 Å². The van der Waals surface area contributed by atoms with Crippen LogP contribution in [0.15, 0.2) is 45.3 Å². The highest BCUT2D eigenvalue weighted by Gasteiger charge is 2.25. The van der Waals surface area contributed by atoms with Gasteiger partial charge >= 0.3 is 0 Å². The van der Waals surface area contributed by atoms with Crippen molar-refractivity contribution in [3.63, 3.8) is 0 Å². The zero-order valence-corrected chi connectivity index (χ0v) is 16.9. The van der Waals surface area contributed by atoms with E-state index in [1.54, 1.807) is 23.5 Å². The molecule has 1 unspecified atom stereocenters. The minimum atomic E-state index is -0.0360. The Labute approximate surface area is 164 Å². The number of carbonyl (C=O) groups excluding carboxylic acids is 1. The molecule has 3 heterocycles. The summed E-state index contributed by atoms with van der Waals surface area (Å²) in [6, 6.07) is 7.75. The minimum Gasteiger partial charge on any atom is -0.459 e. The summed E-state index contributed by atoms with van der Waals surface area (Å²) < 4.78 is 5.23. The first-order chi connectivity index (χ1) is 13.2. The number of nitrogens with one attached hydrogen (secondary N) is 1. The van der Waals surface area contributed by atoms with Gasteiger partial charge in [-0.3, -0.25) is 9.79 Å². The van der Waals surface area contributed by atoms with Gasteiger partial charge in [-0.05, 0) is 42.8 Å². The summed E-state index contributed by atoms with van der Waals surface area (Å²) in [5.74, 6) is 1.82. The zero-order chi connectivity index (χ0) is 19.1. The summed E-state index contributed by atoms with van der Waals surface area (Å²) in [7, 11) is 0. The van der Waals surface area contributed by atoms with Gasteiger partial charge in [0.15, 0.2) is 11.7 Å². The van der Waals surface area contributed by atoms with Crippen molar-refractivity contribution in [3.05, 3.63) is 46.5 Å². The average molecular weight is 389 g/mol. The number of piperazine rings is 1. The maximum atomic E-state index is 12.4. The Bertz CT molecular complexity index is 719. The number of thiophene rings is 1. The summed E-state index contributed by atoms with van der Waals surface area (Å²) in [4.78, 5) is 22.7. The molecule has 2 aromatic heterocycles. The molecule has 2 aromatic rings. The molecule has 0 bridgehead atoms. The molecule has 27 heavy (non-hydrogen) atoms. The molecule has 1 aliphatic rings. The largest absolute Gasteiger partial charge is 0.459 e. The van der Waals surface area contributed by atoms with Crippen LogP contribution in [0.1, 0.15) is 29.3 Å². The number of guanidine groups is 1. The molecule has 0 saturated carbocycles. The van der Waals surface area contributed by atoms with Crippen molar-refractivity contribution in [1.82, 2.24) is 15.1 Å². The summed E-state index contributed by atoms with van der Waals surface area (Å²) in [5, 5.41) is 5.52. The molecule has 0 aliphatic carbocycles. The Balaban J connectivity index is 1.53. The van der Waals surface area contributed by atoms with Crippen molar-refractivity contribution in [3.8, 4) is 0 Å². The summed E-state index contributed by atoms with van der Waals surface area (Å²) in [6.07, 6.45) is 2.60. The van der Waals surface area contributed by atoms with E-state index in [2.05, 4.69) is 41.6 Å². The first-order valence-corrected chi connectivity index (χ1v) is 10.4. The minimum absolute atomic E-state index is 0.0360. The van der Waals surface area contributed by atoms with Gasteiger partial charge in [-0.1, -0.05) is 13.0 Å². The van der Waals surface area contributed by atoms with Crippen LogP contribution in [0, 0.1) is 5.92 Å². The van der Waals surface area contributed by atoms with Crippen molar-refractivity contribution < 1.29 is 9.21 Å². The lowest BCUT2D eigenvalue weighted by atomic mass is 10.1. The van der Waals surface area contributed by atoms with Crippen LogP contribution >= 0.6 is 11.3 Å². The molecule has 1 fully saturated rings. The predicted octanol–water partition coefficient (Wildman–Crippen LogP) is 2.94. The molecule has 6 nitrogen and oxygen atoms in total. The summed E-state index contributed by atoms with van der Waals surface area (Å²) >= 11 is 1.81. The van der Waals surface area contributed by atoms with Crippen LogP contribution in [0.4, 0.5) is 0 Å². The van der Waals surface area contributed by atoms with Gasteiger partial charge < -0.3 is 19.5 Å².